The number of methoxy groups -OCH3 is 1. The second-order valence-corrected chi connectivity index (χ2v) is 7.45. The van der Waals surface area contributed by atoms with Gasteiger partial charge in [0.2, 0.25) is 0 Å². The zero-order valence-electron chi connectivity index (χ0n) is 11.6. The Balaban J connectivity index is 2.08. The molecule has 2 aromatic rings. The summed E-state index contributed by atoms with van der Waals surface area (Å²) in [6.07, 6.45) is 0. The number of hydrogen-bond donors (Lipinski definition) is 0. The van der Waals surface area contributed by atoms with Gasteiger partial charge in [0.05, 0.1) is 7.11 Å². The number of ether oxygens (including phenoxy) is 1. The quantitative estimate of drug-likeness (QED) is 0.789. The summed E-state index contributed by atoms with van der Waals surface area (Å²) in [5.74, 6) is 0.819. The summed E-state index contributed by atoms with van der Waals surface area (Å²) in [7, 11) is -0.745. The van der Waals surface area contributed by atoms with Gasteiger partial charge in [-0.05, 0) is 46.9 Å². The lowest BCUT2D eigenvalue weighted by Crippen LogP contribution is -2.23. The Kier molecular flexibility index (Phi) is 3.36. The first kappa shape index (κ1) is 13.3. The van der Waals surface area contributed by atoms with Crippen molar-refractivity contribution in [3.05, 3.63) is 59.7 Å². The molecule has 0 saturated heterocycles. The normalized spacial score (nSPS) is 24.6. The number of rotatable bonds is 2. The topological polar surface area (TPSA) is 44.6 Å². The molecule has 0 saturated carbocycles. The van der Waals surface area contributed by atoms with Crippen LogP contribution in [0.4, 0.5) is 0 Å². The summed E-state index contributed by atoms with van der Waals surface area (Å²) < 4.78 is 23.0. The Hall–Kier alpha value is -1.65. The van der Waals surface area contributed by atoms with E-state index in [0.29, 0.717) is 6.54 Å². The summed E-state index contributed by atoms with van der Waals surface area (Å²) in [4.78, 5) is 0.814. The molecule has 0 bridgehead atoms. The number of hydrogen-bond acceptors (Lipinski definition) is 3. The van der Waals surface area contributed by atoms with Gasteiger partial charge in [0.25, 0.3) is 0 Å². The van der Waals surface area contributed by atoms with E-state index in [2.05, 4.69) is 4.36 Å². The molecule has 0 fully saturated rings. The van der Waals surface area contributed by atoms with Crippen LogP contribution in [0.15, 0.2) is 57.8 Å². The smallest absolute Gasteiger partial charge is 0.136 e. The summed E-state index contributed by atoms with van der Waals surface area (Å²) in [6, 6.07) is 15.5. The van der Waals surface area contributed by atoms with Gasteiger partial charge in [0.1, 0.15) is 22.4 Å². The highest BCUT2D eigenvalue weighted by Gasteiger charge is 2.32. The molecule has 20 heavy (non-hydrogen) atoms. The molecule has 0 N–H and O–H groups in total. The molecule has 2 atom stereocenters. The molecule has 0 aromatic heterocycles. The van der Waals surface area contributed by atoms with E-state index in [4.69, 9.17) is 4.74 Å². The van der Waals surface area contributed by atoms with Crippen LogP contribution in [-0.2, 0) is 16.7 Å². The lowest BCUT2D eigenvalue weighted by molar-refractivity contribution is 0.414. The molecule has 0 aliphatic carbocycles. The minimum absolute atomic E-state index is 0.112. The van der Waals surface area contributed by atoms with Gasteiger partial charge in [-0.15, -0.1) is 4.36 Å². The highest BCUT2D eigenvalue weighted by atomic mass is 32.3. The maximum absolute atomic E-state index is 13.3. The van der Waals surface area contributed by atoms with Gasteiger partial charge in [-0.3, -0.25) is 0 Å². The molecule has 2 unspecified atom stereocenters. The number of nitrogens with zero attached hydrogens (tertiary/aromatic N) is 1. The summed E-state index contributed by atoms with van der Waals surface area (Å²) in [5.41, 5.74) is 2.21. The van der Waals surface area contributed by atoms with Crippen molar-refractivity contribution < 1.29 is 9.29 Å². The van der Waals surface area contributed by atoms with Gasteiger partial charge in [-0.2, -0.15) is 0 Å². The largest absolute Gasteiger partial charge is 0.626 e. The van der Waals surface area contributed by atoms with Gasteiger partial charge in [-0.25, -0.2) is 0 Å². The molecule has 1 aliphatic heterocycles. The van der Waals surface area contributed by atoms with Crippen LogP contribution in [0, 0.1) is 0 Å². The van der Waals surface area contributed by atoms with Crippen LogP contribution in [-0.4, -0.2) is 11.7 Å². The van der Waals surface area contributed by atoms with Crippen LogP contribution < -0.4 is 4.74 Å². The molecule has 1 heterocycles. The molecule has 3 rings (SSSR count). The molecule has 4 heteroatoms. The van der Waals surface area contributed by atoms with E-state index < -0.39 is 10.1 Å². The first-order valence-corrected chi connectivity index (χ1v) is 8.16. The highest BCUT2D eigenvalue weighted by molar-refractivity contribution is 8.00. The van der Waals surface area contributed by atoms with Crippen molar-refractivity contribution in [3.8, 4) is 5.75 Å². The van der Waals surface area contributed by atoms with E-state index in [9.17, 15) is 4.55 Å². The third-order valence-electron chi connectivity index (χ3n) is 3.77. The Labute approximate surface area is 120 Å². The second-order valence-electron chi connectivity index (χ2n) is 4.88. The van der Waals surface area contributed by atoms with E-state index in [1.54, 1.807) is 7.11 Å². The van der Waals surface area contributed by atoms with Crippen LogP contribution in [0.5, 0.6) is 5.75 Å². The van der Waals surface area contributed by atoms with Crippen molar-refractivity contribution in [3.63, 3.8) is 0 Å². The minimum Gasteiger partial charge on any atom is -0.626 e. The average molecular weight is 287 g/mol. The summed E-state index contributed by atoms with van der Waals surface area (Å²) in [6.45, 7) is 2.47. The van der Waals surface area contributed by atoms with Gasteiger partial charge in [0.15, 0.2) is 0 Å². The zero-order valence-corrected chi connectivity index (χ0v) is 12.4. The maximum Gasteiger partial charge on any atom is 0.136 e. The molecule has 104 valence electrons. The summed E-state index contributed by atoms with van der Waals surface area (Å²) >= 11 is 0. The predicted octanol–water partition coefficient (Wildman–Crippen LogP) is 3.80. The lowest BCUT2D eigenvalue weighted by atomic mass is 10.0. The first-order valence-electron chi connectivity index (χ1n) is 6.59. The lowest BCUT2D eigenvalue weighted by Gasteiger charge is -2.33. The van der Waals surface area contributed by atoms with E-state index in [-0.39, 0.29) is 5.25 Å². The molecule has 0 spiro atoms. The highest BCUT2D eigenvalue weighted by Crippen LogP contribution is 2.41. The van der Waals surface area contributed by atoms with Crippen molar-refractivity contribution in [1.29, 1.82) is 0 Å². The third-order valence-corrected chi connectivity index (χ3v) is 6.45. The second kappa shape index (κ2) is 5.04. The minimum atomic E-state index is -2.40. The van der Waals surface area contributed by atoms with Crippen LogP contribution in [0.3, 0.4) is 0 Å². The van der Waals surface area contributed by atoms with Crippen molar-refractivity contribution in [2.75, 3.05) is 7.11 Å². The molecule has 1 aliphatic rings. The van der Waals surface area contributed by atoms with Crippen LogP contribution >= 0.6 is 0 Å². The fraction of sp³-hybridized carbons (Fsp3) is 0.250. The van der Waals surface area contributed by atoms with Crippen molar-refractivity contribution in [2.24, 2.45) is 4.36 Å². The molecule has 2 aromatic carbocycles. The monoisotopic (exact) mass is 287 g/mol. The van der Waals surface area contributed by atoms with Gasteiger partial charge in [-0.1, -0.05) is 24.3 Å². The molecular weight excluding hydrogens is 270 g/mol. The number of benzene rings is 2. The first-order chi connectivity index (χ1) is 9.65. The molecule has 3 nitrogen and oxygen atoms in total. The fourth-order valence-corrected chi connectivity index (χ4v) is 4.82. The standard InChI is InChI=1S/C16H17NO2S/c1-12-16-9-8-14(19-2)10-13(16)11-17-20(12,18)15-6-4-3-5-7-15/h3-10,12H,11H2,1-2H3. The Bertz CT molecular complexity index is 682. The Morgan fingerprint density at radius 3 is 2.65 bits per heavy atom. The average Bonchev–Trinajstić information content (AvgIpc) is 2.51. The summed E-state index contributed by atoms with van der Waals surface area (Å²) in [5, 5.41) is -0.112. The van der Waals surface area contributed by atoms with Gasteiger partial charge in [0, 0.05) is 5.56 Å². The molecule has 0 radical (unpaired) electrons. The Morgan fingerprint density at radius 1 is 1.20 bits per heavy atom. The van der Waals surface area contributed by atoms with Gasteiger partial charge < -0.3 is 9.29 Å². The van der Waals surface area contributed by atoms with E-state index in [1.165, 1.54) is 0 Å². The van der Waals surface area contributed by atoms with Crippen molar-refractivity contribution in [2.45, 2.75) is 23.6 Å². The SMILES string of the molecule is COc1ccc2c(c1)CN=[S+]([O-])(c1ccccc1)C2C. The van der Waals surface area contributed by atoms with E-state index >= 15 is 0 Å². The third kappa shape index (κ3) is 2.05. The number of fused-ring (bicyclic) bond motifs is 1. The van der Waals surface area contributed by atoms with Crippen LogP contribution in [0.1, 0.15) is 23.3 Å². The zero-order chi connectivity index (χ0) is 14.2. The molecular formula is C16H17NO2S. The molecule has 0 amide bonds. The fourth-order valence-electron chi connectivity index (χ4n) is 2.59. The van der Waals surface area contributed by atoms with Gasteiger partial charge >= 0.3 is 0 Å². The van der Waals surface area contributed by atoms with Crippen LogP contribution in [0.25, 0.3) is 0 Å². The van der Waals surface area contributed by atoms with Crippen molar-refractivity contribution in [1.82, 2.24) is 0 Å². The maximum atomic E-state index is 13.3. The van der Waals surface area contributed by atoms with E-state index in [1.807, 2.05) is 55.5 Å². The van der Waals surface area contributed by atoms with Crippen LogP contribution in [0.2, 0.25) is 0 Å². The van der Waals surface area contributed by atoms with Crippen molar-refractivity contribution >= 4 is 10.1 Å². The Morgan fingerprint density at radius 2 is 1.95 bits per heavy atom. The van der Waals surface area contributed by atoms with E-state index in [0.717, 1.165) is 21.8 Å². The predicted molar refractivity (Wildman–Crippen MR) is 80.4 cm³/mol.